The third kappa shape index (κ3) is 4.58. The Balaban J connectivity index is 0.00000180. The van der Waals surface area contributed by atoms with Crippen molar-refractivity contribution < 1.29 is 4.79 Å². The van der Waals surface area contributed by atoms with Gasteiger partial charge in [-0.3, -0.25) is 4.79 Å². The highest BCUT2D eigenvalue weighted by atomic mass is 35.5. The summed E-state index contributed by atoms with van der Waals surface area (Å²) in [7, 11) is 0. The number of carbonyl (C=O) groups excluding carboxylic acids is 1. The third-order valence-corrected chi connectivity index (χ3v) is 4.13. The molecule has 2 rings (SSSR count). The van der Waals surface area contributed by atoms with E-state index in [0.29, 0.717) is 18.2 Å². The van der Waals surface area contributed by atoms with E-state index in [0.717, 1.165) is 30.8 Å². The predicted molar refractivity (Wildman–Crippen MR) is 88.3 cm³/mol. The quantitative estimate of drug-likeness (QED) is 0.917. The number of thiazole rings is 1. The van der Waals surface area contributed by atoms with Gasteiger partial charge in [0.25, 0.3) is 5.91 Å². The van der Waals surface area contributed by atoms with Crippen LogP contribution in [0, 0.1) is 5.92 Å². The molecule has 116 valence electrons. The summed E-state index contributed by atoms with van der Waals surface area (Å²) >= 11 is 1.58. The minimum absolute atomic E-state index is 0. The van der Waals surface area contributed by atoms with Gasteiger partial charge < -0.3 is 10.6 Å². The van der Waals surface area contributed by atoms with Gasteiger partial charge >= 0.3 is 0 Å². The fourth-order valence-corrected chi connectivity index (χ4v) is 3.33. The third-order valence-electron chi connectivity index (χ3n) is 3.26. The zero-order chi connectivity index (χ0) is 13.1. The Hall–Kier alpha value is -0.360. The second-order valence-corrected chi connectivity index (χ2v) is 6.20. The van der Waals surface area contributed by atoms with Crippen LogP contribution in [-0.4, -0.2) is 34.9 Å². The highest BCUT2D eigenvalue weighted by molar-refractivity contribution is 7.09. The van der Waals surface area contributed by atoms with Crippen LogP contribution in [0.4, 0.5) is 0 Å². The minimum Gasteiger partial charge on any atom is -0.333 e. The summed E-state index contributed by atoms with van der Waals surface area (Å²) in [6.07, 6.45) is 3.01. The number of aromatic nitrogens is 1. The Bertz CT molecular complexity index is 426. The van der Waals surface area contributed by atoms with E-state index in [2.05, 4.69) is 18.8 Å². The lowest BCUT2D eigenvalue weighted by Crippen LogP contribution is -2.40. The van der Waals surface area contributed by atoms with E-state index in [4.69, 9.17) is 5.73 Å². The summed E-state index contributed by atoms with van der Waals surface area (Å²) in [4.78, 5) is 18.7. The molecule has 1 fully saturated rings. The van der Waals surface area contributed by atoms with Gasteiger partial charge in [0, 0.05) is 30.9 Å². The van der Waals surface area contributed by atoms with Crippen LogP contribution in [0.3, 0.4) is 0 Å². The number of amides is 1. The lowest BCUT2D eigenvalue weighted by atomic mass is 10.1. The van der Waals surface area contributed by atoms with Crippen LogP contribution >= 0.6 is 36.2 Å². The van der Waals surface area contributed by atoms with E-state index in [1.807, 2.05) is 10.3 Å². The smallest absolute Gasteiger partial charge is 0.273 e. The van der Waals surface area contributed by atoms with Gasteiger partial charge in [0.1, 0.15) is 5.69 Å². The first-order chi connectivity index (χ1) is 8.61. The molecule has 0 radical (unpaired) electrons. The van der Waals surface area contributed by atoms with Crippen molar-refractivity contribution in [2.45, 2.75) is 39.2 Å². The van der Waals surface area contributed by atoms with Crippen LogP contribution in [0.25, 0.3) is 0 Å². The van der Waals surface area contributed by atoms with Crippen LogP contribution in [0.15, 0.2) is 5.38 Å². The molecule has 1 aromatic heterocycles. The first kappa shape index (κ1) is 19.6. The highest BCUT2D eigenvalue weighted by Crippen LogP contribution is 2.21. The van der Waals surface area contributed by atoms with Gasteiger partial charge in [0.05, 0.1) is 5.01 Å². The molecule has 1 unspecified atom stereocenters. The van der Waals surface area contributed by atoms with Crippen LogP contribution in [0.2, 0.25) is 0 Å². The summed E-state index contributed by atoms with van der Waals surface area (Å²) in [6, 6.07) is 0.202. The maximum absolute atomic E-state index is 12.3. The van der Waals surface area contributed by atoms with E-state index in [1.165, 1.54) is 0 Å². The predicted octanol–water partition coefficient (Wildman–Crippen LogP) is 2.75. The average molecular weight is 340 g/mol. The van der Waals surface area contributed by atoms with Gasteiger partial charge in [-0.2, -0.15) is 0 Å². The Morgan fingerprint density at radius 2 is 2.25 bits per heavy atom. The molecule has 0 aromatic carbocycles. The lowest BCUT2D eigenvalue weighted by Gasteiger charge is -2.22. The second kappa shape index (κ2) is 8.82. The second-order valence-electron chi connectivity index (χ2n) is 5.25. The molecule has 0 aliphatic carbocycles. The van der Waals surface area contributed by atoms with Gasteiger partial charge in [-0.05, 0) is 18.8 Å². The number of carbonyl (C=O) groups is 1. The number of rotatable bonds is 4. The fourth-order valence-electron chi connectivity index (χ4n) is 2.35. The van der Waals surface area contributed by atoms with Crippen molar-refractivity contribution in [3.05, 3.63) is 16.1 Å². The number of hydrogen-bond donors (Lipinski definition) is 1. The Kier molecular flexibility index (Phi) is 8.66. The SMILES string of the molecule is CC(C)Cc1nc(C(=O)N2CCCC2CN)cs1.Cl.Cl. The monoisotopic (exact) mass is 339 g/mol. The summed E-state index contributed by atoms with van der Waals surface area (Å²) in [5.74, 6) is 0.622. The molecule has 0 spiro atoms. The molecule has 0 bridgehead atoms. The molecule has 1 amide bonds. The normalized spacial score (nSPS) is 17.8. The number of halogens is 2. The molecule has 1 aliphatic heterocycles. The maximum atomic E-state index is 12.3. The van der Waals surface area contributed by atoms with Crippen LogP contribution in [0.5, 0.6) is 0 Å². The van der Waals surface area contributed by atoms with E-state index in [1.54, 1.807) is 11.3 Å². The van der Waals surface area contributed by atoms with Crippen molar-refractivity contribution in [2.24, 2.45) is 11.7 Å². The number of nitrogens with two attached hydrogens (primary N) is 1. The first-order valence-electron chi connectivity index (χ1n) is 6.57. The zero-order valence-electron chi connectivity index (χ0n) is 11.9. The summed E-state index contributed by atoms with van der Waals surface area (Å²) in [5.41, 5.74) is 6.29. The summed E-state index contributed by atoms with van der Waals surface area (Å²) in [6.45, 7) is 5.69. The van der Waals surface area contributed by atoms with Crippen molar-refractivity contribution in [3.8, 4) is 0 Å². The molecular weight excluding hydrogens is 317 g/mol. The molecule has 20 heavy (non-hydrogen) atoms. The summed E-state index contributed by atoms with van der Waals surface area (Å²) < 4.78 is 0. The van der Waals surface area contributed by atoms with E-state index in [-0.39, 0.29) is 36.8 Å². The highest BCUT2D eigenvalue weighted by Gasteiger charge is 2.29. The molecule has 7 heteroatoms. The van der Waals surface area contributed by atoms with Gasteiger partial charge in [-0.1, -0.05) is 13.8 Å². The number of nitrogens with zero attached hydrogens (tertiary/aromatic N) is 2. The van der Waals surface area contributed by atoms with Gasteiger partial charge in [-0.25, -0.2) is 4.98 Å². The van der Waals surface area contributed by atoms with Crippen molar-refractivity contribution in [2.75, 3.05) is 13.1 Å². The van der Waals surface area contributed by atoms with Crippen molar-refractivity contribution in [3.63, 3.8) is 0 Å². The zero-order valence-corrected chi connectivity index (χ0v) is 14.3. The standard InChI is InChI=1S/C13H21N3OS.2ClH/c1-9(2)6-12-15-11(8-18-12)13(17)16-5-3-4-10(16)7-14;;/h8-10H,3-7,14H2,1-2H3;2*1H. The molecular formula is C13H23Cl2N3OS. The fraction of sp³-hybridized carbons (Fsp3) is 0.692. The van der Waals surface area contributed by atoms with Gasteiger partial charge in [-0.15, -0.1) is 36.2 Å². The minimum atomic E-state index is 0. The molecule has 2 heterocycles. The topological polar surface area (TPSA) is 59.2 Å². The molecule has 1 aliphatic rings. The van der Waals surface area contributed by atoms with Crippen LogP contribution < -0.4 is 5.73 Å². The van der Waals surface area contributed by atoms with E-state index < -0.39 is 0 Å². The van der Waals surface area contributed by atoms with Crippen molar-refractivity contribution >= 4 is 42.1 Å². The Morgan fingerprint density at radius 3 is 2.85 bits per heavy atom. The molecule has 1 atom stereocenters. The van der Waals surface area contributed by atoms with E-state index >= 15 is 0 Å². The number of hydrogen-bond acceptors (Lipinski definition) is 4. The van der Waals surface area contributed by atoms with E-state index in [9.17, 15) is 4.79 Å². The lowest BCUT2D eigenvalue weighted by molar-refractivity contribution is 0.0736. The molecule has 1 saturated heterocycles. The Labute approximate surface area is 137 Å². The van der Waals surface area contributed by atoms with Crippen LogP contribution in [0.1, 0.15) is 42.2 Å². The first-order valence-corrected chi connectivity index (χ1v) is 7.45. The Morgan fingerprint density at radius 1 is 1.55 bits per heavy atom. The molecule has 0 saturated carbocycles. The van der Waals surface area contributed by atoms with Crippen molar-refractivity contribution in [1.29, 1.82) is 0 Å². The largest absolute Gasteiger partial charge is 0.333 e. The van der Waals surface area contributed by atoms with Gasteiger partial charge in [0.15, 0.2) is 0 Å². The van der Waals surface area contributed by atoms with Crippen LogP contribution in [-0.2, 0) is 6.42 Å². The van der Waals surface area contributed by atoms with Gasteiger partial charge in [0.2, 0.25) is 0 Å². The average Bonchev–Trinajstić information content (AvgIpc) is 2.95. The molecule has 4 nitrogen and oxygen atoms in total. The number of likely N-dealkylation sites (tertiary alicyclic amines) is 1. The summed E-state index contributed by atoms with van der Waals surface area (Å²) in [5, 5.41) is 2.93. The maximum Gasteiger partial charge on any atom is 0.273 e. The van der Waals surface area contributed by atoms with Crippen molar-refractivity contribution in [1.82, 2.24) is 9.88 Å². The molecule has 1 aromatic rings. The molecule has 2 N–H and O–H groups in total.